The SMILES string of the molecule is C=C(CN(C)C/C=C/C#CC(C)(C)C)c1cccc(C(F)(F)F)c1. The van der Waals surface area contributed by atoms with Gasteiger partial charge in [0.15, 0.2) is 0 Å². The van der Waals surface area contributed by atoms with E-state index in [-0.39, 0.29) is 5.41 Å². The first-order valence-electron chi connectivity index (χ1n) is 7.71. The molecule has 0 heterocycles. The number of hydrogen-bond acceptors (Lipinski definition) is 1. The Balaban J connectivity index is 2.61. The van der Waals surface area contributed by atoms with E-state index >= 15 is 0 Å². The standard InChI is InChI=1S/C20H24F3N/c1-16(17-10-9-11-18(14-17)20(21,22)23)15-24(5)13-8-6-7-12-19(2,3)4/h6,8-11,14H,1,13,15H2,2-5H3/b8-6+. The van der Waals surface area contributed by atoms with Gasteiger partial charge < -0.3 is 0 Å². The first-order valence-corrected chi connectivity index (χ1v) is 7.71. The van der Waals surface area contributed by atoms with E-state index in [1.807, 2.05) is 38.8 Å². The lowest BCUT2D eigenvalue weighted by Crippen LogP contribution is -2.20. The molecule has 1 aromatic carbocycles. The third kappa shape index (κ3) is 7.52. The third-order valence-electron chi connectivity index (χ3n) is 3.12. The molecular weight excluding hydrogens is 311 g/mol. The van der Waals surface area contributed by atoms with Gasteiger partial charge in [0, 0.05) is 18.5 Å². The first kappa shape index (κ1) is 20.1. The second-order valence-corrected chi connectivity index (χ2v) is 6.80. The summed E-state index contributed by atoms with van der Waals surface area (Å²) in [4.78, 5) is 1.97. The lowest BCUT2D eigenvalue weighted by Gasteiger charge is -2.17. The van der Waals surface area contributed by atoms with Gasteiger partial charge in [-0.2, -0.15) is 13.2 Å². The maximum Gasteiger partial charge on any atom is 0.416 e. The van der Waals surface area contributed by atoms with E-state index in [2.05, 4.69) is 18.4 Å². The van der Waals surface area contributed by atoms with E-state index in [9.17, 15) is 13.2 Å². The van der Waals surface area contributed by atoms with Crippen LogP contribution in [0.4, 0.5) is 13.2 Å². The van der Waals surface area contributed by atoms with Crippen LogP contribution in [0.1, 0.15) is 31.9 Å². The molecule has 130 valence electrons. The molecule has 0 N–H and O–H groups in total. The molecule has 0 aliphatic heterocycles. The van der Waals surface area contributed by atoms with Gasteiger partial charge in [-0.25, -0.2) is 0 Å². The van der Waals surface area contributed by atoms with Crippen molar-refractivity contribution in [3.05, 3.63) is 54.1 Å². The molecule has 0 bridgehead atoms. The second kappa shape index (κ2) is 8.21. The van der Waals surface area contributed by atoms with Gasteiger partial charge in [0.05, 0.1) is 5.56 Å². The monoisotopic (exact) mass is 335 g/mol. The van der Waals surface area contributed by atoms with E-state index in [1.54, 1.807) is 12.1 Å². The number of allylic oxidation sites excluding steroid dienone is 1. The fraction of sp³-hybridized carbons (Fsp3) is 0.400. The number of likely N-dealkylation sites (N-methyl/N-ethyl adjacent to an activating group) is 1. The Morgan fingerprint density at radius 3 is 2.50 bits per heavy atom. The van der Waals surface area contributed by atoms with E-state index in [0.29, 0.717) is 24.2 Å². The molecule has 1 aromatic rings. The molecule has 0 amide bonds. The molecule has 0 aliphatic carbocycles. The summed E-state index contributed by atoms with van der Waals surface area (Å²) in [6, 6.07) is 5.26. The van der Waals surface area contributed by atoms with Crippen molar-refractivity contribution in [1.29, 1.82) is 0 Å². The molecule has 0 unspecified atom stereocenters. The summed E-state index contributed by atoms with van der Waals surface area (Å²) in [5.74, 6) is 6.09. The van der Waals surface area contributed by atoms with Crippen molar-refractivity contribution in [3.63, 3.8) is 0 Å². The Bertz CT molecular complexity index is 652. The molecule has 0 aromatic heterocycles. The van der Waals surface area contributed by atoms with Gasteiger partial charge in [0.2, 0.25) is 0 Å². The minimum absolute atomic E-state index is 0.0337. The van der Waals surface area contributed by atoms with Gasteiger partial charge in [-0.3, -0.25) is 4.90 Å². The Kier molecular flexibility index (Phi) is 6.86. The first-order chi connectivity index (χ1) is 11.0. The normalized spacial score (nSPS) is 12.3. The van der Waals surface area contributed by atoms with Crippen LogP contribution in [-0.4, -0.2) is 25.0 Å². The Morgan fingerprint density at radius 2 is 1.92 bits per heavy atom. The summed E-state index contributed by atoms with van der Waals surface area (Å²) in [6.07, 6.45) is -0.608. The molecule has 0 saturated carbocycles. The van der Waals surface area contributed by atoms with Gasteiger partial charge in [0.1, 0.15) is 0 Å². The molecule has 1 nitrogen and oxygen atoms in total. The zero-order valence-corrected chi connectivity index (χ0v) is 14.7. The number of nitrogens with zero attached hydrogens (tertiary/aromatic N) is 1. The molecule has 24 heavy (non-hydrogen) atoms. The van der Waals surface area contributed by atoms with E-state index < -0.39 is 11.7 Å². The third-order valence-corrected chi connectivity index (χ3v) is 3.12. The predicted molar refractivity (Wildman–Crippen MR) is 94.3 cm³/mol. The fourth-order valence-corrected chi connectivity index (χ4v) is 1.95. The smallest absolute Gasteiger partial charge is 0.298 e. The van der Waals surface area contributed by atoms with Crippen molar-refractivity contribution < 1.29 is 13.2 Å². The van der Waals surface area contributed by atoms with Crippen molar-refractivity contribution >= 4 is 5.57 Å². The van der Waals surface area contributed by atoms with Gasteiger partial charge in [-0.1, -0.05) is 36.6 Å². The quantitative estimate of drug-likeness (QED) is 0.664. The topological polar surface area (TPSA) is 3.24 Å². The number of benzene rings is 1. The van der Waals surface area contributed by atoms with E-state index in [4.69, 9.17) is 0 Å². The molecule has 1 rings (SSSR count). The maximum absolute atomic E-state index is 12.8. The summed E-state index contributed by atoms with van der Waals surface area (Å²) in [6.45, 7) is 11.2. The average molecular weight is 335 g/mol. The van der Waals surface area contributed by atoms with Crippen molar-refractivity contribution in [3.8, 4) is 11.8 Å². The maximum atomic E-state index is 12.8. The molecule has 0 spiro atoms. The summed E-state index contributed by atoms with van der Waals surface area (Å²) in [5, 5.41) is 0. The summed E-state index contributed by atoms with van der Waals surface area (Å²) in [7, 11) is 1.89. The number of rotatable bonds is 5. The lowest BCUT2D eigenvalue weighted by atomic mass is 9.98. The van der Waals surface area contributed by atoms with Crippen LogP contribution in [0, 0.1) is 17.3 Å². The molecule has 0 aliphatic rings. The largest absolute Gasteiger partial charge is 0.416 e. The van der Waals surface area contributed by atoms with Gasteiger partial charge >= 0.3 is 6.18 Å². The molecule has 0 fully saturated rings. The highest BCUT2D eigenvalue weighted by Crippen LogP contribution is 2.30. The van der Waals surface area contributed by atoms with Crippen LogP contribution >= 0.6 is 0 Å². The number of alkyl halides is 3. The van der Waals surface area contributed by atoms with Gasteiger partial charge in [-0.15, -0.1) is 0 Å². The summed E-state index contributed by atoms with van der Waals surface area (Å²) in [5.41, 5.74) is 0.473. The molecule has 0 saturated heterocycles. The van der Waals surface area contributed by atoms with Crippen LogP contribution in [0.25, 0.3) is 5.57 Å². The predicted octanol–water partition coefficient (Wildman–Crippen LogP) is 5.26. The number of halogens is 3. The Labute approximate surface area is 142 Å². The van der Waals surface area contributed by atoms with Crippen LogP contribution in [0.3, 0.4) is 0 Å². The highest BCUT2D eigenvalue weighted by Gasteiger charge is 2.30. The summed E-state index contributed by atoms with van der Waals surface area (Å²) >= 11 is 0. The average Bonchev–Trinajstić information content (AvgIpc) is 2.45. The molecule has 4 heteroatoms. The van der Waals surface area contributed by atoms with Crippen LogP contribution in [0.2, 0.25) is 0 Å². The van der Waals surface area contributed by atoms with Crippen LogP contribution in [0.15, 0.2) is 43.0 Å². The molecule has 0 radical (unpaired) electrons. The zero-order chi connectivity index (χ0) is 18.4. The fourth-order valence-electron chi connectivity index (χ4n) is 1.95. The number of hydrogen-bond donors (Lipinski definition) is 0. The Hall–Kier alpha value is -1.99. The van der Waals surface area contributed by atoms with Crippen molar-refractivity contribution in [1.82, 2.24) is 4.90 Å². The van der Waals surface area contributed by atoms with Crippen molar-refractivity contribution in [2.24, 2.45) is 5.41 Å². The second-order valence-electron chi connectivity index (χ2n) is 6.80. The van der Waals surface area contributed by atoms with Crippen LogP contribution in [-0.2, 0) is 6.18 Å². The zero-order valence-electron chi connectivity index (χ0n) is 14.7. The molecular formula is C20H24F3N. The summed E-state index contributed by atoms with van der Waals surface area (Å²) < 4.78 is 38.3. The Morgan fingerprint density at radius 1 is 1.25 bits per heavy atom. The van der Waals surface area contributed by atoms with Crippen molar-refractivity contribution in [2.45, 2.75) is 26.9 Å². The van der Waals surface area contributed by atoms with E-state index in [0.717, 1.165) is 12.1 Å². The lowest BCUT2D eigenvalue weighted by molar-refractivity contribution is -0.137. The highest BCUT2D eigenvalue weighted by atomic mass is 19.4. The molecule has 0 atom stereocenters. The van der Waals surface area contributed by atoms with Gasteiger partial charge in [0.25, 0.3) is 0 Å². The van der Waals surface area contributed by atoms with E-state index in [1.165, 1.54) is 6.07 Å². The minimum Gasteiger partial charge on any atom is -0.298 e. The van der Waals surface area contributed by atoms with Gasteiger partial charge in [-0.05, 0) is 57.2 Å². The van der Waals surface area contributed by atoms with Crippen LogP contribution in [0.5, 0.6) is 0 Å². The highest BCUT2D eigenvalue weighted by molar-refractivity contribution is 5.65. The van der Waals surface area contributed by atoms with Crippen LogP contribution < -0.4 is 0 Å². The van der Waals surface area contributed by atoms with Crippen molar-refractivity contribution in [2.75, 3.05) is 20.1 Å². The minimum atomic E-state index is -4.34.